The topological polar surface area (TPSA) is 41.1 Å². The number of hydrogen-bond acceptors (Lipinski definition) is 2. The Hall–Kier alpha value is -1.13. The lowest BCUT2D eigenvalue weighted by Gasteiger charge is -2.29. The molecule has 116 valence electrons. The van der Waals surface area contributed by atoms with Crippen molar-refractivity contribution in [1.82, 2.24) is 10.6 Å². The third-order valence-corrected chi connectivity index (χ3v) is 4.48. The van der Waals surface area contributed by atoms with Crippen molar-refractivity contribution in [3.8, 4) is 0 Å². The minimum atomic E-state index is -0.312. The molecule has 1 aliphatic carbocycles. The lowest BCUT2D eigenvalue weighted by atomic mass is 9.91. The van der Waals surface area contributed by atoms with E-state index in [0.717, 1.165) is 37.8 Å². The van der Waals surface area contributed by atoms with Crippen molar-refractivity contribution in [1.29, 1.82) is 0 Å². The predicted octanol–water partition coefficient (Wildman–Crippen LogP) is 2.74. The molecular weight excluding hydrogens is 291 g/mol. The van der Waals surface area contributed by atoms with Crippen LogP contribution in [0.4, 0.5) is 4.39 Å². The molecule has 0 unspecified atom stereocenters. The van der Waals surface area contributed by atoms with Gasteiger partial charge in [-0.05, 0) is 56.8 Å². The molecule has 2 atom stereocenters. The van der Waals surface area contributed by atoms with E-state index in [0.29, 0.717) is 6.04 Å². The molecule has 1 saturated carbocycles. The number of halogens is 2. The molecular formula is C16H22ClFN2O. The second-order valence-electron chi connectivity index (χ2n) is 6.16. The zero-order chi connectivity index (χ0) is 14.2. The van der Waals surface area contributed by atoms with Crippen LogP contribution in [0.2, 0.25) is 0 Å². The molecule has 0 aromatic heterocycles. The number of hydrogen-bond donors (Lipinski definition) is 2. The van der Waals surface area contributed by atoms with Gasteiger partial charge in [0.1, 0.15) is 5.82 Å². The van der Waals surface area contributed by atoms with Crippen molar-refractivity contribution in [2.24, 2.45) is 5.92 Å². The van der Waals surface area contributed by atoms with E-state index in [1.807, 2.05) is 6.07 Å². The van der Waals surface area contributed by atoms with Crippen molar-refractivity contribution in [2.75, 3.05) is 6.54 Å². The van der Waals surface area contributed by atoms with Gasteiger partial charge in [0.05, 0.1) is 5.54 Å². The van der Waals surface area contributed by atoms with Gasteiger partial charge in [-0.1, -0.05) is 12.1 Å². The maximum absolute atomic E-state index is 13.3. The molecule has 5 heteroatoms. The minimum Gasteiger partial charge on any atom is -0.346 e. The largest absolute Gasteiger partial charge is 0.346 e. The molecule has 2 aliphatic rings. The van der Waals surface area contributed by atoms with Crippen LogP contribution in [0.3, 0.4) is 0 Å². The molecule has 1 aromatic carbocycles. The van der Waals surface area contributed by atoms with Crippen molar-refractivity contribution in [2.45, 2.75) is 44.2 Å². The van der Waals surface area contributed by atoms with Crippen LogP contribution in [0.15, 0.2) is 24.3 Å². The van der Waals surface area contributed by atoms with Gasteiger partial charge in [-0.15, -0.1) is 12.4 Å². The van der Waals surface area contributed by atoms with E-state index in [9.17, 15) is 9.18 Å². The lowest BCUT2D eigenvalue weighted by molar-refractivity contribution is -0.127. The Kier molecular flexibility index (Phi) is 4.89. The normalized spacial score (nSPS) is 26.6. The summed E-state index contributed by atoms with van der Waals surface area (Å²) in [4.78, 5) is 12.4. The molecule has 1 aromatic rings. The summed E-state index contributed by atoms with van der Waals surface area (Å²) in [6.07, 6.45) is 3.58. The van der Waals surface area contributed by atoms with Crippen LogP contribution < -0.4 is 10.6 Å². The average Bonchev–Trinajstić information content (AvgIpc) is 3.20. The van der Waals surface area contributed by atoms with E-state index >= 15 is 0 Å². The highest BCUT2D eigenvalue weighted by molar-refractivity contribution is 5.85. The molecule has 2 N–H and O–H groups in total. The second-order valence-corrected chi connectivity index (χ2v) is 6.16. The summed E-state index contributed by atoms with van der Waals surface area (Å²) in [5.74, 6) is -0.0316. The summed E-state index contributed by atoms with van der Waals surface area (Å²) in [5.41, 5.74) is 0.584. The van der Waals surface area contributed by atoms with Gasteiger partial charge in [0.15, 0.2) is 0 Å². The Labute approximate surface area is 131 Å². The first-order valence-corrected chi connectivity index (χ1v) is 7.40. The van der Waals surface area contributed by atoms with E-state index in [1.54, 1.807) is 12.1 Å². The van der Waals surface area contributed by atoms with Crippen molar-refractivity contribution in [3.63, 3.8) is 0 Å². The average molecular weight is 313 g/mol. The quantitative estimate of drug-likeness (QED) is 0.901. The summed E-state index contributed by atoms with van der Waals surface area (Å²) in [6, 6.07) is 6.99. The zero-order valence-electron chi connectivity index (χ0n) is 12.2. The summed E-state index contributed by atoms with van der Waals surface area (Å²) < 4.78 is 13.3. The number of nitrogens with one attached hydrogen (secondary N) is 2. The molecule has 1 amide bonds. The van der Waals surface area contributed by atoms with Gasteiger partial charge in [0.25, 0.3) is 0 Å². The Bertz CT molecular complexity index is 519. The Balaban J connectivity index is 0.00000161. The van der Waals surface area contributed by atoms with E-state index in [4.69, 9.17) is 0 Å². The van der Waals surface area contributed by atoms with Gasteiger partial charge >= 0.3 is 0 Å². The van der Waals surface area contributed by atoms with Crippen LogP contribution in [0.25, 0.3) is 0 Å². The zero-order valence-corrected chi connectivity index (χ0v) is 13.0. The molecule has 0 radical (unpaired) electrons. The summed E-state index contributed by atoms with van der Waals surface area (Å²) in [5, 5.41) is 6.52. The number of amides is 1. The van der Waals surface area contributed by atoms with Crippen molar-refractivity contribution >= 4 is 18.3 Å². The summed E-state index contributed by atoms with van der Waals surface area (Å²) in [7, 11) is 0. The minimum absolute atomic E-state index is 0. The fourth-order valence-corrected chi connectivity index (χ4v) is 3.10. The molecule has 1 heterocycles. The second kappa shape index (κ2) is 6.32. The van der Waals surface area contributed by atoms with Crippen LogP contribution in [0, 0.1) is 11.7 Å². The van der Waals surface area contributed by atoms with Crippen LogP contribution in [-0.4, -0.2) is 18.5 Å². The molecule has 21 heavy (non-hydrogen) atoms. The highest BCUT2D eigenvalue weighted by atomic mass is 35.5. The molecule has 3 rings (SSSR count). The number of rotatable bonds is 3. The van der Waals surface area contributed by atoms with Crippen LogP contribution in [0.1, 0.15) is 38.2 Å². The number of benzene rings is 1. The van der Waals surface area contributed by atoms with Gasteiger partial charge in [-0.2, -0.15) is 0 Å². The Morgan fingerprint density at radius 2 is 2.19 bits per heavy atom. The number of carbonyl (C=O) groups excluding carboxylic acids is 1. The lowest BCUT2D eigenvalue weighted by Crippen LogP contribution is -2.45. The standard InChI is InChI=1S/C16H21FN2O.ClH/c1-11-9-12(5-8-18-11)15(20)19-16(6-7-16)13-3-2-4-14(17)10-13;/h2-4,10-12,18H,5-9H2,1H3,(H,19,20);1H/t11-,12-;/m0./s1. The smallest absolute Gasteiger partial charge is 0.223 e. The fourth-order valence-electron chi connectivity index (χ4n) is 3.10. The van der Waals surface area contributed by atoms with Gasteiger partial charge in [-0.25, -0.2) is 4.39 Å². The van der Waals surface area contributed by atoms with Gasteiger partial charge in [0.2, 0.25) is 5.91 Å². The van der Waals surface area contributed by atoms with E-state index < -0.39 is 0 Å². The van der Waals surface area contributed by atoms with Crippen LogP contribution in [0.5, 0.6) is 0 Å². The first-order valence-electron chi connectivity index (χ1n) is 7.40. The number of carbonyl (C=O) groups is 1. The first-order chi connectivity index (χ1) is 9.59. The maximum atomic E-state index is 13.3. The van der Waals surface area contributed by atoms with Crippen molar-refractivity contribution in [3.05, 3.63) is 35.6 Å². The Morgan fingerprint density at radius 1 is 1.43 bits per heavy atom. The monoisotopic (exact) mass is 312 g/mol. The summed E-state index contributed by atoms with van der Waals surface area (Å²) >= 11 is 0. The molecule has 3 nitrogen and oxygen atoms in total. The van der Waals surface area contributed by atoms with E-state index in [2.05, 4.69) is 17.6 Å². The number of piperidine rings is 1. The highest BCUT2D eigenvalue weighted by Crippen LogP contribution is 2.46. The van der Waals surface area contributed by atoms with Crippen LogP contribution >= 0.6 is 12.4 Å². The molecule has 1 saturated heterocycles. The van der Waals surface area contributed by atoms with Gasteiger partial charge in [0, 0.05) is 12.0 Å². The molecule has 2 fully saturated rings. The molecule has 1 aliphatic heterocycles. The predicted molar refractivity (Wildman–Crippen MR) is 82.9 cm³/mol. The maximum Gasteiger partial charge on any atom is 0.223 e. The van der Waals surface area contributed by atoms with Crippen LogP contribution in [-0.2, 0) is 10.3 Å². The molecule has 0 bridgehead atoms. The third-order valence-electron chi connectivity index (χ3n) is 4.48. The Morgan fingerprint density at radius 3 is 2.81 bits per heavy atom. The first kappa shape index (κ1) is 16.2. The van der Waals surface area contributed by atoms with Crippen molar-refractivity contribution < 1.29 is 9.18 Å². The molecule has 0 spiro atoms. The fraction of sp³-hybridized carbons (Fsp3) is 0.562. The highest BCUT2D eigenvalue weighted by Gasteiger charge is 2.46. The van der Waals surface area contributed by atoms with Gasteiger partial charge < -0.3 is 10.6 Å². The summed E-state index contributed by atoms with van der Waals surface area (Å²) in [6.45, 7) is 3.01. The third kappa shape index (κ3) is 3.55. The van der Waals surface area contributed by atoms with E-state index in [-0.39, 0.29) is 35.6 Å². The SMILES string of the molecule is C[C@H]1C[C@@H](C(=O)NC2(c3cccc(F)c3)CC2)CCN1.Cl. The van der Waals surface area contributed by atoms with Gasteiger partial charge in [-0.3, -0.25) is 4.79 Å². The van der Waals surface area contributed by atoms with E-state index in [1.165, 1.54) is 6.07 Å².